The van der Waals surface area contributed by atoms with Crippen LogP contribution in [-0.4, -0.2) is 17.8 Å². The molecule has 1 atom stereocenters. The number of ether oxygens (including phenoxy) is 2. The lowest BCUT2D eigenvalue weighted by Gasteiger charge is -2.15. The van der Waals surface area contributed by atoms with Gasteiger partial charge in [0.05, 0.1) is 6.61 Å². The minimum absolute atomic E-state index is 0.00192. The minimum atomic E-state index is -0.138. The van der Waals surface area contributed by atoms with Crippen molar-refractivity contribution in [3.63, 3.8) is 0 Å². The maximum absolute atomic E-state index is 9.34. The molecule has 1 aliphatic rings. The fourth-order valence-corrected chi connectivity index (χ4v) is 2.58. The van der Waals surface area contributed by atoms with Crippen molar-refractivity contribution in [2.24, 2.45) is 0 Å². The normalized spacial score (nSPS) is 16.6. The zero-order chi connectivity index (χ0) is 13.9. The van der Waals surface area contributed by atoms with Crippen molar-refractivity contribution in [3.05, 3.63) is 58.6 Å². The van der Waals surface area contributed by atoms with Crippen molar-refractivity contribution >= 4 is 11.6 Å². The smallest absolute Gasteiger partial charge is 0.137 e. The first-order valence-corrected chi connectivity index (χ1v) is 6.91. The van der Waals surface area contributed by atoms with Gasteiger partial charge in [0.1, 0.15) is 24.2 Å². The first kappa shape index (κ1) is 13.3. The molecule has 1 unspecified atom stereocenters. The van der Waals surface area contributed by atoms with Crippen LogP contribution >= 0.6 is 11.6 Å². The average molecular weight is 291 g/mol. The summed E-state index contributed by atoms with van der Waals surface area (Å²) in [6.07, 6.45) is 0.837. The van der Waals surface area contributed by atoms with Crippen LogP contribution in [0.5, 0.6) is 11.5 Å². The molecule has 0 saturated carbocycles. The van der Waals surface area contributed by atoms with Crippen molar-refractivity contribution in [2.75, 3.05) is 6.61 Å². The number of hydrogen-bond acceptors (Lipinski definition) is 3. The Labute approximate surface area is 122 Å². The predicted molar refractivity (Wildman–Crippen MR) is 77.4 cm³/mol. The van der Waals surface area contributed by atoms with E-state index in [9.17, 15) is 5.11 Å². The van der Waals surface area contributed by atoms with E-state index in [-0.39, 0.29) is 12.7 Å². The van der Waals surface area contributed by atoms with Gasteiger partial charge in [-0.05, 0) is 23.8 Å². The Bertz CT molecular complexity index is 587. The second kappa shape index (κ2) is 5.73. The SMILES string of the molecule is OCc1c(Cl)cccc1OCC1Cc2ccccc2O1. The van der Waals surface area contributed by atoms with Gasteiger partial charge in [0, 0.05) is 17.0 Å². The fraction of sp³-hybridized carbons (Fsp3) is 0.250. The van der Waals surface area contributed by atoms with Crippen LogP contribution in [0.15, 0.2) is 42.5 Å². The minimum Gasteiger partial charge on any atom is -0.489 e. The molecule has 0 radical (unpaired) electrons. The number of benzene rings is 2. The lowest BCUT2D eigenvalue weighted by molar-refractivity contribution is 0.146. The summed E-state index contributed by atoms with van der Waals surface area (Å²) in [4.78, 5) is 0. The monoisotopic (exact) mass is 290 g/mol. The van der Waals surface area contributed by atoms with Crippen LogP contribution in [0.2, 0.25) is 5.02 Å². The zero-order valence-corrected chi connectivity index (χ0v) is 11.6. The first-order valence-electron chi connectivity index (χ1n) is 6.53. The standard InChI is InChI=1S/C16H15ClO3/c17-14-5-3-7-16(13(14)9-18)19-10-12-8-11-4-1-2-6-15(11)20-12/h1-7,12,18H,8-10H2. The highest BCUT2D eigenvalue weighted by atomic mass is 35.5. The van der Waals surface area contributed by atoms with E-state index in [0.29, 0.717) is 22.9 Å². The Kier molecular flexibility index (Phi) is 3.81. The maximum Gasteiger partial charge on any atom is 0.137 e. The van der Waals surface area contributed by atoms with Crippen LogP contribution in [-0.2, 0) is 13.0 Å². The van der Waals surface area contributed by atoms with E-state index in [0.717, 1.165) is 12.2 Å². The van der Waals surface area contributed by atoms with E-state index in [2.05, 4.69) is 6.07 Å². The quantitative estimate of drug-likeness (QED) is 0.940. The van der Waals surface area contributed by atoms with Crippen molar-refractivity contribution in [1.29, 1.82) is 0 Å². The van der Waals surface area contributed by atoms with Gasteiger partial charge in [-0.3, -0.25) is 0 Å². The number of aliphatic hydroxyl groups excluding tert-OH is 1. The highest BCUT2D eigenvalue weighted by Crippen LogP contribution is 2.30. The molecule has 0 fully saturated rings. The number of halogens is 1. The third kappa shape index (κ3) is 2.60. The third-order valence-electron chi connectivity index (χ3n) is 3.37. The Balaban J connectivity index is 1.66. The molecule has 1 aliphatic heterocycles. The van der Waals surface area contributed by atoms with Crippen molar-refractivity contribution in [2.45, 2.75) is 19.1 Å². The molecular weight excluding hydrogens is 276 g/mol. The van der Waals surface area contributed by atoms with E-state index in [1.165, 1.54) is 5.56 Å². The van der Waals surface area contributed by atoms with Crippen LogP contribution < -0.4 is 9.47 Å². The summed E-state index contributed by atoms with van der Waals surface area (Å²) in [6, 6.07) is 13.3. The van der Waals surface area contributed by atoms with Crippen molar-refractivity contribution < 1.29 is 14.6 Å². The van der Waals surface area contributed by atoms with Crippen LogP contribution in [0.25, 0.3) is 0 Å². The summed E-state index contributed by atoms with van der Waals surface area (Å²) in [5.74, 6) is 1.54. The zero-order valence-electron chi connectivity index (χ0n) is 10.9. The van der Waals surface area contributed by atoms with Gasteiger partial charge in [-0.15, -0.1) is 0 Å². The topological polar surface area (TPSA) is 38.7 Å². The number of para-hydroxylation sites is 1. The molecule has 104 valence electrons. The molecule has 3 nitrogen and oxygen atoms in total. The Morgan fingerprint density at radius 1 is 1.20 bits per heavy atom. The first-order chi connectivity index (χ1) is 9.78. The highest BCUT2D eigenvalue weighted by molar-refractivity contribution is 6.31. The van der Waals surface area contributed by atoms with Crippen molar-refractivity contribution in [3.8, 4) is 11.5 Å². The summed E-state index contributed by atoms with van der Waals surface area (Å²) < 4.78 is 11.6. The van der Waals surface area contributed by atoms with Gasteiger partial charge in [-0.25, -0.2) is 0 Å². The highest BCUT2D eigenvalue weighted by Gasteiger charge is 2.23. The molecule has 2 aromatic rings. The summed E-state index contributed by atoms with van der Waals surface area (Å²) >= 11 is 6.03. The molecule has 0 aromatic heterocycles. The third-order valence-corrected chi connectivity index (χ3v) is 3.73. The summed E-state index contributed by atoms with van der Waals surface area (Å²) in [7, 11) is 0. The molecule has 4 heteroatoms. The van der Waals surface area contributed by atoms with Gasteiger partial charge in [0.15, 0.2) is 0 Å². The molecule has 3 rings (SSSR count). The number of hydrogen-bond donors (Lipinski definition) is 1. The number of rotatable bonds is 4. The molecule has 0 aliphatic carbocycles. The summed E-state index contributed by atoms with van der Waals surface area (Å²) in [5, 5.41) is 9.85. The molecule has 0 spiro atoms. The second-order valence-electron chi connectivity index (χ2n) is 4.74. The van der Waals surface area contributed by atoms with Gasteiger partial charge >= 0.3 is 0 Å². The molecule has 1 N–H and O–H groups in total. The maximum atomic E-state index is 9.34. The summed E-state index contributed by atoms with van der Waals surface area (Å²) in [5.41, 5.74) is 1.82. The van der Waals surface area contributed by atoms with E-state index in [1.807, 2.05) is 18.2 Å². The number of aliphatic hydroxyl groups is 1. The molecule has 2 aromatic carbocycles. The van der Waals surface area contributed by atoms with E-state index in [1.54, 1.807) is 18.2 Å². The van der Waals surface area contributed by atoms with E-state index < -0.39 is 0 Å². The molecule has 20 heavy (non-hydrogen) atoms. The van der Waals surface area contributed by atoms with Crippen LogP contribution in [0.3, 0.4) is 0 Å². The van der Waals surface area contributed by atoms with Gasteiger partial charge in [-0.2, -0.15) is 0 Å². The Morgan fingerprint density at radius 3 is 2.85 bits per heavy atom. The van der Waals surface area contributed by atoms with Crippen LogP contribution in [0, 0.1) is 0 Å². The van der Waals surface area contributed by atoms with E-state index >= 15 is 0 Å². The molecule has 0 bridgehead atoms. The van der Waals surface area contributed by atoms with Gasteiger partial charge < -0.3 is 14.6 Å². The van der Waals surface area contributed by atoms with Gasteiger partial charge in [-0.1, -0.05) is 35.9 Å². The number of fused-ring (bicyclic) bond motifs is 1. The van der Waals surface area contributed by atoms with E-state index in [4.69, 9.17) is 21.1 Å². The second-order valence-corrected chi connectivity index (χ2v) is 5.14. The molecule has 0 amide bonds. The van der Waals surface area contributed by atoms with Crippen molar-refractivity contribution in [1.82, 2.24) is 0 Å². The molecule has 1 heterocycles. The lowest BCUT2D eigenvalue weighted by atomic mass is 10.1. The molecule has 0 saturated heterocycles. The summed E-state index contributed by atoms with van der Waals surface area (Å²) in [6.45, 7) is 0.294. The van der Waals surface area contributed by atoms with Gasteiger partial charge in [0.2, 0.25) is 0 Å². The Hall–Kier alpha value is -1.71. The predicted octanol–water partition coefficient (Wildman–Crippen LogP) is 3.21. The largest absolute Gasteiger partial charge is 0.489 e. The fourth-order valence-electron chi connectivity index (χ4n) is 2.36. The molecular formula is C16H15ClO3. The van der Waals surface area contributed by atoms with Crippen LogP contribution in [0.4, 0.5) is 0 Å². The average Bonchev–Trinajstić information content (AvgIpc) is 2.88. The van der Waals surface area contributed by atoms with Gasteiger partial charge in [0.25, 0.3) is 0 Å². The van der Waals surface area contributed by atoms with Crippen LogP contribution in [0.1, 0.15) is 11.1 Å². The Morgan fingerprint density at radius 2 is 2.05 bits per heavy atom. The lowest BCUT2D eigenvalue weighted by Crippen LogP contribution is -2.22.